The van der Waals surface area contributed by atoms with Gasteiger partial charge in [-0.15, -0.1) is 0 Å². The Morgan fingerprint density at radius 1 is 0.603 bits per heavy atom. The molecule has 4 heterocycles. The average molecular weight is 953 g/mol. The van der Waals surface area contributed by atoms with Gasteiger partial charge in [0, 0.05) is 101 Å². The van der Waals surface area contributed by atoms with E-state index in [0.717, 1.165) is 116 Å². The minimum Gasteiger partial charge on any atom is -0.459 e. The summed E-state index contributed by atoms with van der Waals surface area (Å²) in [5.74, 6) is 0.822. The van der Waals surface area contributed by atoms with Crippen LogP contribution in [0, 0.1) is 10.8 Å². The van der Waals surface area contributed by atoms with Gasteiger partial charge in [0.1, 0.15) is 22.4 Å². The van der Waals surface area contributed by atoms with Crippen LogP contribution in [0.1, 0.15) is 193 Å². The van der Waals surface area contributed by atoms with Crippen LogP contribution < -0.4 is 0 Å². The Morgan fingerprint density at radius 2 is 0.926 bits per heavy atom. The van der Waals surface area contributed by atoms with E-state index in [9.17, 15) is 19.2 Å². The van der Waals surface area contributed by atoms with Crippen LogP contribution in [0.25, 0.3) is 0 Å². The lowest BCUT2D eigenvalue weighted by atomic mass is 9.69. The Morgan fingerprint density at radius 3 is 1.21 bits per heavy atom. The molecule has 0 unspecified atom stereocenters. The summed E-state index contributed by atoms with van der Waals surface area (Å²) >= 11 is 0. The number of aromatic amines is 2. The molecule has 2 amide bonds. The minimum atomic E-state index is -0.493. The smallest absolute Gasteiger partial charge is 0.410 e. The Hall–Kier alpha value is -4.18. The quantitative estimate of drug-likeness (QED) is 0.121. The molecule has 68 heavy (non-hydrogen) atoms. The second-order valence-electron chi connectivity index (χ2n) is 22.9. The van der Waals surface area contributed by atoms with Crippen LogP contribution in [0.5, 0.6) is 0 Å². The molecule has 0 aromatic carbocycles. The van der Waals surface area contributed by atoms with E-state index in [1.54, 1.807) is 23.9 Å². The predicted molar refractivity (Wildman–Crippen MR) is 263 cm³/mol. The number of hydrogen-bond donors (Lipinski definition) is 2. The molecule has 0 radical (unpaired) electrons. The van der Waals surface area contributed by atoms with E-state index < -0.39 is 11.2 Å². The van der Waals surface area contributed by atoms with Crippen molar-refractivity contribution in [2.24, 2.45) is 10.8 Å². The van der Waals surface area contributed by atoms with Crippen molar-refractivity contribution in [2.45, 2.75) is 206 Å². The lowest BCUT2D eigenvalue weighted by Crippen LogP contribution is -2.38. The highest BCUT2D eigenvalue weighted by molar-refractivity contribution is 5.80. The van der Waals surface area contributed by atoms with Gasteiger partial charge in [0.25, 0.3) is 0 Å². The average Bonchev–Trinajstić information content (AvgIpc) is 4.06. The van der Waals surface area contributed by atoms with E-state index >= 15 is 0 Å². The molecule has 0 atom stereocenters. The Kier molecular flexibility index (Phi) is 17.9. The number of carbonyl (C=O) groups is 4. The zero-order valence-corrected chi connectivity index (χ0v) is 44.4. The van der Waals surface area contributed by atoms with Gasteiger partial charge < -0.3 is 38.5 Å². The van der Waals surface area contributed by atoms with Crippen LogP contribution in [0.4, 0.5) is 9.59 Å². The first-order valence-electron chi connectivity index (χ1n) is 25.6. The SMILES string of the molecule is CCC1(CC)CC2(CCC(c3[nH]ncc3CN(C)CCN(C)C(=O)OC(C)(C)C)CC2)OC1=O.CCC1(CC)CC2(CCC(c3[nH]ncc3CN(C)CCN(C)C(=O)OC(C)(C)C)CC2)OC1=O. The minimum absolute atomic E-state index is 0.0103. The third kappa shape index (κ3) is 13.6. The monoisotopic (exact) mass is 953 g/mol. The molecule has 2 spiro atoms. The number of nitrogens with zero attached hydrogens (tertiary/aromatic N) is 6. The van der Waals surface area contributed by atoms with Gasteiger partial charge in [0.2, 0.25) is 0 Å². The van der Waals surface area contributed by atoms with Crippen LogP contribution in [-0.2, 0) is 41.6 Å². The van der Waals surface area contributed by atoms with Crippen LogP contribution in [0.15, 0.2) is 12.4 Å². The summed E-state index contributed by atoms with van der Waals surface area (Å²) in [7, 11) is 7.65. The first kappa shape index (κ1) is 54.8. The molecule has 6 rings (SSSR count). The normalized spacial score (nSPS) is 24.5. The molecular weight excluding hydrogens is 865 g/mol. The molecule has 2 N–H and O–H groups in total. The van der Waals surface area contributed by atoms with Crippen LogP contribution in [0.3, 0.4) is 0 Å². The zero-order chi connectivity index (χ0) is 50.3. The number of nitrogens with one attached hydrogen (secondary N) is 2. The maximum absolute atomic E-state index is 12.7. The second-order valence-corrected chi connectivity index (χ2v) is 22.9. The standard InChI is InChI=1S/2C26H44N4O4/c2*1-8-25(9-2)18-26(33-22(25)31)12-10-19(11-13-26)21-20(16-27-28-21)17-29(6)14-15-30(7)23(32)34-24(3,4)5/h2*16,19H,8-15,17-18H2,1-7H3,(H,27,28). The largest absolute Gasteiger partial charge is 0.459 e. The van der Waals surface area contributed by atoms with E-state index in [2.05, 4.69) is 72.0 Å². The van der Waals surface area contributed by atoms with Crippen molar-refractivity contribution in [1.29, 1.82) is 0 Å². The van der Waals surface area contributed by atoms with Gasteiger partial charge in [0.05, 0.1) is 23.2 Å². The third-order valence-corrected chi connectivity index (χ3v) is 15.6. The number of rotatable bonds is 16. The fourth-order valence-electron chi connectivity index (χ4n) is 10.9. The molecule has 2 aromatic heterocycles. The number of likely N-dealkylation sites (N-methyl/N-ethyl adjacent to an activating group) is 4. The van der Waals surface area contributed by atoms with Crippen molar-refractivity contribution in [3.63, 3.8) is 0 Å². The lowest BCUT2D eigenvalue weighted by Gasteiger charge is -2.36. The fraction of sp³-hybridized carbons (Fsp3) is 0.808. The van der Waals surface area contributed by atoms with Crippen molar-refractivity contribution < 1.29 is 38.1 Å². The number of H-pyrrole nitrogens is 2. The summed E-state index contributed by atoms with van der Waals surface area (Å²) in [4.78, 5) is 57.4. The summed E-state index contributed by atoms with van der Waals surface area (Å²) < 4.78 is 22.9. The molecule has 4 fully saturated rings. The third-order valence-electron chi connectivity index (χ3n) is 15.6. The molecule has 0 bridgehead atoms. The van der Waals surface area contributed by atoms with Crippen molar-refractivity contribution in [3.05, 3.63) is 34.9 Å². The summed E-state index contributed by atoms with van der Waals surface area (Å²) in [5.41, 5.74) is 2.67. The van der Waals surface area contributed by atoms with Crippen molar-refractivity contribution in [3.8, 4) is 0 Å². The molecular formula is C52H88N8O8. The summed E-state index contributed by atoms with van der Waals surface area (Å²) in [6, 6.07) is 0. The summed E-state index contributed by atoms with van der Waals surface area (Å²) in [5, 5.41) is 15.2. The fourth-order valence-corrected chi connectivity index (χ4v) is 10.9. The number of aromatic nitrogens is 4. The van der Waals surface area contributed by atoms with Crippen LogP contribution in [-0.4, -0.2) is 141 Å². The molecule has 384 valence electrons. The number of ether oxygens (including phenoxy) is 4. The lowest BCUT2D eigenvalue weighted by molar-refractivity contribution is -0.157. The van der Waals surface area contributed by atoms with Gasteiger partial charge in [-0.3, -0.25) is 19.8 Å². The van der Waals surface area contributed by atoms with Crippen molar-refractivity contribution >= 4 is 24.1 Å². The molecule has 4 aliphatic rings. The van der Waals surface area contributed by atoms with E-state index in [1.165, 1.54) is 22.5 Å². The number of amides is 2. The molecule has 16 heteroatoms. The maximum atomic E-state index is 12.7. The van der Waals surface area contributed by atoms with E-state index in [-0.39, 0.29) is 46.2 Å². The Labute approximate surface area is 407 Å². The van der Waals surface area contributed by atoms with Crippen molar-refractivity contribution in [1.82, 2.24) is 40.0 Å². The van der Waals surface area contributed by atoms with Gasteiger partial charge in [-0.05, 0) is 133 Å². The highest BCUT2D eigenvalue weighted by atomic mass is 16.6. The van der Waals surface area contributed by atoms with Gasteiger partial charge in [-0.25, -0.2) is 9.59 Å². The summed E-state index contributed by atoms with van der Waals surface area (Å²) in [6.07, 6.45) is 16.0. The first-order chi connectivity index (χ1) is 31.8. The summed E-state index contributed by atoms with van der Waals surface area (Å²) in [6.45, 7) is 23.8. The van der Waals surface area contributed by atoms with E-state index in [1.807, 2.05) is 53.9 Å². The number of hydrogen-bond acceptors (Lipinski definition) is 12. The van der Waals surface area contributed by atoms with Gasteiger partial charge in [0.15, 0.2) is 0 Å². The van der Waals surface area contributed by atoms with Crippen LogP contribution in [0.2, 0.25) is 0 Å². The Balaban J connectivity index is 0.000000254. The first-order valence-corrected chi connectivity index (χ1v) is 25.6. The molecule has 2 aliphatic carbocycles. The van der Waals surface area contributed by atoms with Gasteiger partial charge in [-0.2, -0.15) is 10.2 Å². The second kappa shape index (κ2) is 22.3. The zero-order valence-electron chi connectivity index (χ0n) is 44.4. The highest BCUT2D eigenvalue weighted by Gasteiger charge is 2.57. The van der Waals surface area contributed by atoms with Crippen molar-refractivity contribution in [2.75, 3.05) is 54.4 Å². The predicted octanol–water partition coefficient (Wildman–Crippen LogP) is 9.72. The molecule has 2 saturated heterocycles. The van der Waals surface area contributed by atoms with Gasteiger partial charge >= 0.3 is 24.1 Å². The van der Waals surface area contributed by atoms with Gasteiger partial charge in [-0.1, -0.05) is 27.7 Å². The molecule has 16 nitrogen and oxygen atoms in total. The molecule has 2 aromatic rings. The van der Waals surface area contributed by atoms with Crippen LogP contribution >= 0.6 is 0 Å². The highest BCUT2D eigenvalue weighted by Crippen LogP contribution is 2.54. The number of carbonyl (C=O) groups excluding carboxylic acids is 4. The van der Waals surface area contributed by atoms with E-state index in [0.29, 0.717) is 24.9 Å². The maximum Gasteiger partial charge on any atom is 0.410 e. The molecule has 2 aliphatic heterocycles. The Bertz CT molecular complexity index is 1830. The van der Waals surface area contributed by atoms with E-state index in [4.69, 9.17) is 18.9 Å². The topological polar surface area (TPSA) is 176 Å². The molecule has 2 saturated carbocycles. The number of esters is 2.